The predicted octanol–water partition coefficient (Wildman–Crippen LogP) is 2.91. The molecule has 4 heterocycles. The Balaban J connectivity index is 1.32. The van der Waals surface area contributed by atoms with Crippen LogP contribution < -0.4 is 0 Å². The molecule has 2 aromatic heterocycles. The first kappa shape index (κ1) is 22.4. The molecular weight excluding hydrogens is 402 g/mol. The van der Waals surface area contributed by atoms with Gasteiger partial charge in [-0.3, -0.25) is 19.6 Å². The number of nitrogens with zero attached hydrogens (tertiary/aromatic N) is 5. The molecule has 0 N–H and O–H groups in total. The summed E-state index contributed by atoms with van der Waals surface area (Å²) in [6, 6.07) is 9.33. The summed E-state index contributed by atoms with van der Waals surface area (Å²) in [6.45, 7) is 4.06. The van der Waals surface area contributed by atoms with E-state index < -0.39 is 0 Å². The van der Waals surface area contributed by atoms with Gasteiger partial charge in [0.1, 0.15) is 5.69 Å². The molecule has 0 spiro atoms. The van der Waals surface area contributed by atoms with Crippen molar-refractivity contribution >= 4 is 11.8 Å². The highest BCUT2D eigenvalue weighted by molar-refractivity contribution is 5.94. The second-order valence-corrected chi connectivity index (χ2v) is 9.27. The summed E-state index contributed by atoms with van der Waals surface area (Å²) < 4.78 is 0. The van der Waals surface area contributed by atoms with Crippen molar-refractivity contribution in [3.05, 3.63) is 59.7 Å². The highest BCUT2D eigenvalue weighted by atomic mass is 16.2. The van der Waals surface area contributed by atoms with Crippen LogP contribution in [0.25, 0.3) is 0 Å². The van der Waals surface area contributed by atoms with Crippen molar-refractivity contribution < 1.29 is 9.59 Å². The smallest absolute Gasteiger partial charge is 0.272 e. The third-order valence-electron chi connectivity index (χ3n) is 6.55. The van der Waals surface area contributed by atoms with E-state index in [1.54, 1.807) is 18.5 Å². The van der Waals surface area contributed by atoms with Crippen LogP contribution in [0.2, 0.25) is 0 Å². The number of amides is 2. The van der Waals surface area contributed by atoms with Crippen LogP contribution in [0.3, 0.4) is 0 Å². The Morgan fingerprint density at radius 3 is 2.44 bits per heavy atom. The zero-order valence-electron chi connectivity index (χ0n) is 19.1. The Morgan fingerprint density at radius 2 is 1.78 bits per heavy atom. The second kappa shape index (κ2) is 10.2. The summed E-state index contributed by atoms with van der Waals surface area (Å²) in [5.74, 6) is 0.927. The Bertz CT molecular complexity index is 908. The zero-order chi connectivity index (χ0) is 22.5. The highest BCUT2D eigenvalue weighted by Crippen LogP contribution is 2.28. The van der Waals surface area contributed by atoms with Gasteiger partial charge in [0.05, 0.1) is 5.56 Å². The van der Waals surface area contributed by atoms with E-state index in [1.807, 2.05) is 34.1 Å². The lowest BCUT2D eigenvalue weighted by molar-refractivity contribution is 0.0653. The Hall–Kier alpha value is -2.80. The fourth-order valence-electron chi connectivity index (χ4n) is 4.90. The van der Waals surface area contributed by atoms with Gasteiger partial charge in [-0.25, -0.2) is 0 Å². The quantitative estimate of drug-likeness (QED) is 0.722. The average Bonchev–Trinajstić information content (AvgIpc) is 2.84. The molecule has 0 aliphatic carbocycles. The van der Waals surface area contributed by atoms with Crippen molar-refractivity contribution in [1.29, 1.82) is 0 Å². The average molecular weight is 436 g/mol. The van der Waals surface area contributed by atoms with Crippen LogP contribution in [0.4, 0.5) is 0 Å². The second-order valence-electron chi connectivity index (χ2n) is 9.27. The van der Waals surface area contributed by atoms with Gasteiger partial charge in [0.2, 0.25) is 0 Å². The summed E-state index contributed by atoms with van der Waals surface area (Å²) in [6.07, 6.45) is 7.37. The molecule has 2 amide bonds. The van der Waals surface area contributed by atoms with Crippen molar-refractivity contribution in [2.45, 2.75) is 31.6 Å². The van der Waals surface area contributed by atoms with Gasteiger partial charge in [-0.1, -0.05) is 6.07 Å². The van der Waals surface area contributed by atoms with E-state index in [4.69, 9.17) is 0 Å². The predicted molar refractivity (Wildman–Crippen MR) is 124 cm³/mol. The molecule has 2 fully saturated rings. The normalized spacial score (nSPS) is 19.9. The molecule has 0 saturated carbocycles. The van der Waals surface area contributed by atoms with Gasteiger partial charge in [0.15, 0.2) is 0 Å². The monoisotopic (exact) mass is 435 g/mol. The summed E-state index contributed by atoms with van der Waals surface area (Å²) in [7, 11) is 4.17. The number of hydrogen-bond donors (Lipinski definition) is 0. The largest absolute Gasteiger partial charge is 0.338 e. The van der Waals surface area contributed by atoms with Gasteiger partial charge in [0.25, 0.3) is 11.8 Å². The molecule has 1 atom stereocenters. The van der Waals surface area contributed by atoms with Crippen LogP contribution in [0.15, 0.2) is 42.7 Å². The third kappa shape index (κ3) is 5.33. The van der Waals surface area contributed by atoms with Crippen LogP contribution >= 0.6 is 0 Å². The topological polar surface area (TPSA) is 69.6 Å². The first-order valence-corrected chi connectivity index (χ1v) is 11.6. The third-order valence-corrected chi connectivity index (χ3v) is 6.55. The number of rotatable bonds is 5. The molecule has 0 aromatic carbocycles. The Morgan fingerprint density at radius 1 is 0.969 bits per heavy atom. The minimum Gasteiger partial charge on any atom is -0.338 e. The molecule has 170 valence electrons. The maximum absolute atomic E-state index is 13.0. The molecule has 7 heteroatoms. The number of likely N-dealkylation sites (tertiary alicyclic amines) is 2. The van der Waals surface area contributed by atoms with Gasteiger partial charge in [-0.05, 0) is 70.0 Å². The molecule has 2 aliphatic rings. The molecule has 32 heavy (non-hydrogen) atoms. The number of piperidine rings is 2. The molecule has 4 rings (SSSR count). The summed E-state index contributed by atoms with van der Waals surface area (Å²) in [5, 5.41) is 0. The van der Waals surface area contributed by atoms with E-state index in [-0.39, 0.29) is 11.8 Å². The molecule has 2 aliphatic heterocycles. The van der Waals surface area contributed by atoms with Crippen LogP contribution in [0, 0.1) is 5.92 Å². The summed E-state index contributed by atoms with van der Waals surface area (Å²) >= 11 is 0. The Labute approximate surface area is 190 Å². The lowest BCUT2D eigenvalue weighted by Crippen LogP contribution is -2.42. The van der Waals surface area contributed by atoms with Crippen LogP contribution in [0.5, 0.6) is 0 Å². The van der Waals surface area contributed by atoms with E-state index >= 15 is 0 Å². The summed E-state index contributed by atoms with van der Waals surface area (Å²) in [4.78, 5) is 40.5. The van der Waals surface area contributed by atoms with Crippen LogP contribution in [-0.4, -0.2) is 83.3 Å². The van der Waals surface area contributed by atoms with Gasteiger partial charge in [0, 0.05) is 56.7 Å². The molecule has 0 bridgehead atoms. The van der Waals surface area contributed by atoms with E-state index in [2.05, 4.69) is 29.0 Å². The minimum absolute atomic E-state index is 0.00736. The summed E-state index contributed by atoms with van der Waals surface area (Å²) in [5.41, 5.74) is 2.18. The van der Waals surface area contributed by atoms with Crippen molar-refractivity contribution in [2.75, 3.05) is 46.8 Å². The lowest BCUT2D eigenvalue weighted by Gasteiger charge is -2.34. The first-order valence-electron chi connectivity index (χ1n) is 11.6. The van der Waals surface area contributed by atoms with Crippen LogP contribution in [-0.2, 0) is 0 Å². The van der Waals surface area contributed by atoms with E-state index in [0.29, 0.717) is 36.2 Å². The van der Waals surface area contributed by atoms with Crippen LogP contribution in [0.1, 0.15) is 58.1 Å². The van der Waals surface area contributed by atoms with Gasteiger partial charge in [-0.15, -0.1) is 0 Å². The molecule has 0 unspecified atom stereocenters. The Kier molecular flexibility index (Phi) is 7.15. The van der Waals surface area contributed by atoms with Gasteiger partial charge in [-0.2, -0.15) is 0 Å². The minimum atomic E-state index is -0.00736. The van der Waals surface area contributed by atoms with E-state index in [0.717, 1.165) is 44.6 Å². The number of pyridine rings is 2. The maximum Gasteiger partial charge on any atom is 0.272 e. The number of carbonyl (C=O) groups is 2. The first-order chi connectivity index (χ1) is 15.5. The van der Waals surface area contributed by atoms with Crippen molar-refractivity contribution in [3.8, 4) is 0 Å². The van der Waals surface area contributed by atoms with Gasteiger partial charge < -0.3 is 14.7 Å². The lowest BCUT2D eigenvalue weighted by atomic mass is 9.92. The molecule has 0 radical (unpaired) electrons. The fraction of sp³-hybridized carbons (Fsp3) is 0.520. The molecule has 2 saturated heterocycles. The maximum atomic E-state index is 13.0. The molecule has 2 aromatic rings. The molecular formula is C25H33N5O2. The number of aromatic nitrogens is 2. The van der Waals surface area contributed by atoms with E-state index in [9.17, 15) is 9.59 Å². The van der Waals surface area contributed by atoms with Gasteiger partial charge >= 0.3 is 0 Å². The van der Waals surface area contributed by atoms with Crippen molar-refractivity contribution in [2.24, 2.45) is 5.92 Å². The SMILES string of the molecule is CN(C)C[C@H]1CCCN(C(=O)c2ccc(C3CCN(C(=O)c4ccccn4)CC3)nc2)C1. The van der Waals surface area contributed by atoms with E-state index in [1.165, 1.54) is 6.42 Å². The zero-order valence-corrected chi connectivity index (χ0v) is 19.1. The van der Waals surface area contributed by atoms with Crippen molar-refractivity contribution in [1.82, 2.24) is 24.7 Å². The van der Waals surface area contributed by atoms with Crippen molar-refractivity contribution in [3.63, 3.8) is 0 Å². The molecule has 7 nitrogen and oxygen atoms in total. The highest BCUT2D eigenvalue weighted by Gasteiger charge is 2.27. The fourth-order valence-corrected chi connectivity index (χ4v) is 4.90. The number of hydrogen-bond acceptors (Lipinski definition) is 5. The standard InChI is InChI=1S/C25H33N5O2/c1-28(2)17-19-6-5-13-30(18-19)24(31)21-8-9-22(27-16-21)20-10-14-29(15-11-20)25(32)23-7-3-4-12-26-23/h3-4,7-9,12,16,19-20H,5-6,10-11,13-15,17-18H2,1-2H3/t19-/m1/s1. The number of carbonyl (C=O) groups excluding carboxylic acids is 2.